The molecule has 0 saturated carbocycles. The minimum Gasteiger partial charge on any atom is -0.494 e. The molecule has 6 nitrogen and oxygen atoms in total. The van der Waals surface area contributed by atoms with Crippen molar-refractivity contribution in [3.8, 4) is 5.75 Å². The van der Waals surface area contributed by atoms with Crippen molar-refractivity contribution in [1.82, 2.24) is 4.98 Å². The van der Waals surface area contributed by atoms with Crippen molar-refractivity contribution >= 4 is 33.3 Å². The normalized spacial score (nSPS) is 15.5. The molecule has 5 rings (SSSR count). The van der Waals surface area contributed by atoms with E-state index in [1.165, 1.54) is 11.3 Å². The summed E-state index contributed by atoms with van der Waals surface area (Å²) < 4.78 is 11.8. The molecule has 3 heterocycles. The van der Waals surface area contributed by atoms with Crippen LogP contribution < -0.4 is 15.1 Å². The van der Waals surface area contributed by atoms with Crippen LogP contribution in [-0.4, -0.2) is 17.5 Å². The van der Waals surface area contributed by atoms with E-state index in [1.54, 1.807) is 40.7 Å². The van der Waals surface area contributed by atoms with Crippen molar-refractivity contribution in [3.05, 3.63) is 87.2 Å². The number of hydrogen-bond donors (Lipinski definition) is 0. The molecule has 0 bridgehead atoms. The molecule has 0 fully saturated rings. The molecule has 1 aliphatic heterocycles. The van der Waals surface area contributed by atoms with Crippen molar-refractivity contribution in [3.63, 3.8) is 0 Å². The predicted octanol–water partition coefficient (Wildman–Crippen LogP) is 5.18. The Morgan fingerprint density at radius 2 is 2.03 bits per heavy atom. The molecule has 1 aliphatic rings. The number of carbonyl (C=O) groups excluding carboxylic acids is 1. The fourth-order valence-corrected chi connectivity index (χ4v) is 4.54. The van der Waals surface area contributed by atoms with Gasteiger partial charge in [-0.15, -0.1) is 11.3 Å². The number of ether oxygens (including phenoxy) is 1. The van der Waals surface area contributed by atoms with Gasteiger partial charge in [-0.1, -0.05) is 37.6 Å². The summed E-state index contributed by atoms with van der Waals surface area (Å²) in [6.07, 6.45) is 3.63. The maximum Gasteiger partial charge on any atom is 0.297 e. The van der Waals surface area contributed by atoms with Crippen LogP contribution in [0.5, 0.6) is 5.75 Å². The van der Waals surface area contributed by atoms with Crippen molar-refractivity contribution < 1.29 is 13.9 Å². The summed E-state index contributed by atoms with van der Waals surface area (Å²) in [5.41, 5.74) is 1.31. The van der Waals surface area contributed by atoms with Crippen LogP contribution in [0.2, 0.25) is 0 Å². The summed E-state index contributed by atoms with van der Waals surface area (Å²) in [4.78, 5) is 32.8. The van der Waals surface area contributed by atoms with E-state index < -0.39 is 6.04 Å². The Hall–Kier alpha value is -3.45. The molecular weight excluding hydrogens is 412 g/mol. The van der Waals surface area contributed by atoms with Gasteiger partial charge in [0.1, 0.15) is 11.3 Å². The fraction of sp³-hybridized carbons (Fsp3) is 0.208. The third-order valence-corrected chi connectivity index (χ3v) is 6.11. The van der Waals surface area contributed by atoms with Crippen LogP contribution in [0, 0.1) is 0 Å². The van der Waals surface area contributed by atoms with Crippen LogP contribution in [-0.2, 0) is 0 Å². The number of nitrogens with zero attached hydrogens (tertiary/aromatic N) is 2. The number of fused-ring (bicyclic) bond motifs is 2. The summed E-state index contributed by atoms with van der Waals surface area (Å²) in [6, 6.07) is 13.9. The van der Waals surface area contributed by atoms with Crippen LogP contribution in [0.15, 0.2) is 69.3 Å². The summed E-state index contributed by atoms with van der Waals surface area (Å²) in [6.45, 7) is 2.72. The number of benzene rings is 2. The van der Waals surface area contributed by atoms with E-state index in [9.17, 15) is 9.59 Å². The molecule has 1 amide bonds. The molecule has 31 heavy (non-hydrogen) atoms. The highest BCUT2D eigenvalue weighted by atomic mass is 32.1. The van der Waals surface area contributed by atoms with E-state index in [4.69, 9.17) is 9.15 Å². The lowest BCUT2D eigenvalue weighted by molar-refractivity contribution is 0.0971. The molecule has 7 heteroatoms. The second-order valence-electron chi connectivity index (χ2n) is 7.34. The minimum absolute atomic E-state index is 0.0706. The Kier molecular flexibility index (Phi) is 5.03. The molecule has 4 aromatic rings. The SMILES string of the molecule is CCCCOc1cccc([C@H]2c3c(oc4ccccc4c3=O)C(=O)N2c2nccs2)c1. The van der Waals surface area contributed by atoms with Crippen LogP contribution in [0.25, 0.3) is 11.0 Å². The lowest BCUT2D eigenvalue weighted by atomic mass is 9.98. The van der Waals surface area contributed by atoms with Gasteiger partial charge in [-0.3, -0.25) is 14.5 Å². The zero-order valence-electron chi connectivity index (χ0n) is 16.9. The maximum atomic E-state index is 13.5. The number of amides is 1. The number of para-hydroxylation sites is 1. The van der Waals surface area contributed by atoms with E-state index in [0.717, 1.165) is 18.4 Å². The molecule has 156 valence electrons. The Bertz CT molecular complexity index is 1310. The molecule has 2 aromatic carbocycles. The first-order valence-corrected chi connectivity index (χ1v) is 11.1. The first-order valence-electron chi connectivity index (χ1n) is 10.2. The summed E-state index contributed by atoms with van der Waals surface area (Å²) in [7, 11) is 0. The molecule has 0 radical (unpaired) electrons. The number of carbonyl (C=O) groups is 1. The topological polar surface area (TPSA) is 72.6 Å². The minimum atomic E-state index is -0.635. The fourth-order valence-electron chi connectivity index (χ4n) is 3.88. The van der Waals surface area contributed by atoms with E-state index in [-0.39, 0.29) is 17.1 Å². The van der Waals surface area contributed by atoms with Gasteiger partial charge in [0.05, 0.1) is 23.6 Å². The number of rotatable bonds is 6. The van der Waals surface area contributed by atoms with Gasteiger partial charge >= 0.3 is 0 Å². The summed E-state index contributed by atoms with van der Waals surface area (Å²) in [5, 5.41) is 2.77. The van der Waals surface area contributed by atoms with Gasteiger partial charge in [0, 0.05) is 11.6 Å². The van der Waals surface area contributed by atoms with Crippen LogP contribution >= 0.6 is 11.3 Å². The van der Waals surface area contributed by atoms with Crippen molar-refractivity contribution in [2.24, 2.45) is 0 Å². The molecule has 0 N–H and O–H groups in total. The zero-order chi connectivity index (χ0) is 21.4. The van der Waals surface area contributed by atoms with Crippen molar-refractivity contribution in [2.75, 3.05) is 11.5 Å². The number of hydrogen-bond acceptors (Lipinski definition) is 6. The zero-order valence-corrected chi connectivity index (χ0v) is 17.7. The Morgan fingerprint density at radius 3 is 2.84 bits per heavy atom. The monoisotopic (exact) mass is 432 g/mol. The second kappa shape index (κ2) is 8.00. The van der Waals surface area contributed by atoms with E-state index in [0.29, 0.717) is 34.0 Å². The van der Waals surface area contributed by atoms with Crippen LogP contribution in [0.1, 0.15) is 47.5 Å². The molecule has 0 unspecified atom stereocenters. The van der Waals surface area contributed by atoms with Gasteiger partial charge in [0.15, 0.2) is 10.6 Å². The van der Waals surface area contributed by atoms with Crippen LogP contribution in [0.3, 0.4) is 0 Å². The third kappa shape index (κ3) is 3.31. The lowest BCUT2D eigenvalue weighted by Crippen LogP contribution is -2.29. The Morgan fingerprint density at radius 1 is 1.16 bits per heavy atom. The van der Waals surface area contributed by atoms with E-state index in [1.807, 2.05) is 24.3 Å². The van der Waals surface area contributed by atoms with Crippen LogP contribution in [0.4, 0.5) is 5.13 Å². The van der Waals surface area contributed by atoms with Crippen molar-refractivity contribution in [2.45, 2.75) is 25.8 Å². The summed E-state index contributed by atoms with van der Waals surface area (Å²) >= 11 is 1.34. The molecule has 0 saturated heterocycles. The first-order chi connectivity index (χ1) is 15.2. The largest absolute Gasteiger partial charge is 0.494 e. The number of unbranched alkanes of at least 4 members (excludes halogenated alkanes) is 1. The third-order valence-electron chi connectivity index (χ3n) is 5.34. The second-order valence-corrected chi connectivity index (χ2v) is 8.21. The average molecular weight is 433 g/mol. The van der Waals surface area contributed by atoms with E-state index >= 15 is 0 Å². The number of thiazole rings is 1. The molecule has 2 aromatic heterocycles. The molecule has 0 spiro atoms. The smallest absolute Gasteiger partial charge is 0.297 e. The van der Waals surface area contributed by atoms with Crippen molar-refractivity contribution in [1.29, 1.82) is 0 Å². The average Bonchev–Trinajstić information content (AvgIpc) is 3.41. The van der Waals surface area contributed by atoms with E-state index in [2.05, 4.69) is 11.9 Å². The van der Waals surface area contributed by atoms with Gasteiger partial charge in [-0.25, -0.2) is 4.98 Å². The summed E-state index contributed by atoms with van der Waals surface area (Å²) in [5.74, 6) is 0.410. The van der Waals surface area contributed by atoms with Gasteiger partial charge in [0.2, 0.25) is 5.76 Å². The highest BCUT2D eigenvalue weighted by molar-refractivity contribution is 7.13. The standard InChI is InChI=1S/C24H20N2O4S/c1-2-3-12-29-16-8-6-7-15(14-16)20-19-21(27)17-9-4-5-10-18(17)30-22(19)23(28)26(20)24-25-11-13-31-24/h4-11,13-14,20H,2-3,12H2,1H3/t20-/m0/s1. The lowest BCUT2D eigenvalue weighted by Gasteiger charge is -2.23. The maximum absolute atomic E-state index is 13.5. The molecular formula is C24H20N2O4S. The molecule has 1 atom stereocenters. The predicted molar refractivity (Wildman–Crippen MR) is 120 cm³/mol. The quantitative estimate of drug-likeness (QED) is 0.393. The molecule has 0 aliphatic carbocycles. The Balaban J connectivity index is 1.69. The highest BCUT2D eigenvalue weighted by Gasteiger charge is 2.44. The number of aromatic nitrogens is 1. The van der Waals surface area contributed by atoms with Gasteiger partial charge in [-0.05, 0) is 36.2 Å². The highest BCUT2D eigenvalue weighted by Crippen LogP contribution is 2.42. The van der Waals surface area contributed by atoms with Gasteiger partial charge in [-0.2, -0.15) is 0 Å². The Labute approximate surface area is 182 Å². The van der Waals surface area contributed by atoms with Gasteiger partial charge in [0.25, 0.3) is 5.91 Å². The van der Waals surface area contributed by atoms with Gasteiger partial charge < -0.3 is 9.15 Å². The first kappa shape index (κ1) is 19.5. The number of anilines is 1.